The van der Waals surface area contributed by atoms with Crippen LogP contribution in [0.25, 0.3) is 50.0 Å². The van der Waals surface area contributed by atoms with Crippen LogP contribution in [0.3, 0.4) is 0 Å². The molecule has 0 N–H and O–H groups in total. The number of hydrogen-bond donors (Lipinski definition) is 0. The van der Waals surface area contributed by atoms with Crippen molar-refractivity contribution in [3.63, 3.8) is 0 Å². The van der Waals surface area contributed by atoms with E-state index in [2.05, 4.69) is 195 Å². The minimum absolute atomic E-state index is 0.773. The summed E-state index contributed by atoms with van der Waals surface area (Å²) < 4.78 is 6.49. The molecule has 2 heteroatoms. The fourth-order valence-corrected chi connectivity index (χ4v) is 7.83. The van der Waals surface area contributed by atoms with E-state index in [4.69, 9.17) is 4.74 Å². The van der Waals surface area contributed by atoms with Gasteiger partial charge in [-0.25, -0.2) is 0 Å². The fourth-order valence-electron chi connectivity index (χ4n) is 7.83. The summed E-state index contributed by atoms with van der Waals surface area (Å²) in [4.78, 5) is 2.30. The zero-order chi connectivity index (χ0) is 42.3. The van der Waals surface area contributed by atoms with E-state index in [1.54, 1.807) is 0 Å². The van der Waals surface area contributed by atoms with Crippen LogP contribution in [0.5, 0.6) is 5.75 Å². The third-order valence-electron chi connectivity index (χ3n) is 11.3. The van der Waals surface area contributed by atoms with Gasteiger partial charge in [-0.3, -0.25) is 0 Å². The topological polar surface area (TPSA) is 12.5 Å². The van der Waals surface area contributed by atoms with Crippen molar-refractivity contribution in [2.75, 3.05) is 4.90 Å². The van der Waals surface area contributed by atoms with Gasteiger partial charge in [0.05, 0.1) is 0 Å². The molecule has 0 saturated carbocycles. The van der Waals surface area contributed by atoms with Gasteiger partial charge in [0.1, 0.15) is 11.5 Å². The molecule has 0 radical (unpaired) electrons. The van der Waals surface area contributed by atoms with Gasteiger partial charge in [-0.2, -0.15) is 0 Å². The van der Waals surface area contributed by atoms with Crippen molar-refractivity contribution in [3.05, 3.63) is 277 Å². The summed E-state index contributed by atoms with van der Waals surface area (Å²) in [6.07, 6.45) is 22.5. The number of allylic oxidation sites excluding steroid dienone is 14. The second-order valence-corrected chi connectivity index (χ2v) is 15.2. The Morgan fingerprint density at radius 2 is 1.21 bits per heavy atom. The van der Waals surface area contributed by atoms with E-state index in [1.807, 2.05) is 66.8 Å². The molecule has 1 heterocycles. The maximum absolute atomic E-state index is 6.49. The summed E-state index contributed by atoms with van der Waals surface area (Å²) >= 11 is 0. The Hall–Kier alpha value is -8.16. The Morgan fingerprint density at radius 1 is 0.581 bits per heavy atom. The molecule has 0 aromatic heterocycles. The van der Waals surface area contributed by atoms with Gasteiger partial charge in [-0.05, 0) is 147 Å². The molecular weight excluding hydrogens is 751 g/mol. The summed E-state index contributed by atoms with van der Waals surface area (Å²) in [6.45, 7) is 10.7. The van der Waals surface area contributed by atoms with Gasteiger partial charge in [0.25, 0.3) is 0 Å². The van der Waals surface area contributed by atoms with Crippen LogP contribution >= 0.6 is 0 Å². The lowest BCUT2D eigenvalue weighted by atomic mass is 9.99. The standard InChI is InChI=1S/C60H45NO/c1-4-45(23-22-43(2)46-24-26-50(27-25-46)47-15-7-5-6-8-16-47)49-30-36-55(37-31-49)61(56-38-32-51(33-39-56)54-29-28-48-17-9-10-18-53(48)42-54)57-40-34-52(35-41-57)59-21-13-14-44(3)58-19-11-12-20-60(58)62-59/h4-7,9-42H,2-3H2,1H3/b14-13-,23-22-,45-4+,59-21-. The molecule has 0 amide bonds. The molecule has 7 aromatic rings. The fraction of sp³-hybridized carbons (Fsp3) is 0.0167. The van der Waals surface area contributed by atoms with E-state index < -0.39 is 0 Å². The summed E-state index contributed by atoms with van der Waals surface area (Å²) in [5.74, 6) is 1.56. The highest BCUT2D eigenvalue weighted by molar-refractivity contribution is 5.89. The highest BCUT2D eigenvalue weighted by Crippen LogP contribution is 2.38. The minimum Gasteiger partial charge on any atom is -0.456 e. The van der Waals surface area contributed by atoms with E-state index in [-0.39, 0.29) is 0 Å². The first-order chi connectivity index (χ1) is 30.5. The van der Waals surface area contributed by atoms with Crippen molar-refractivity contribution in [1.29, 1.82) is 0 Å². The van der Waals surface area contributed by atoms with Crippen LogP contribution in [0.1, 0.15) is 34.7 Å². The maximum atomic E-state index is 6.49. The first-order valence-electron chi connectivity index (χ1n) is 20.9. The number of fused-ring (bicyclic) bond motifs is 2. The monoisotopic (exact) mass is 795 g/mol. The third-order valence-corrected chi connectivity index (χ3v) is 11.3. The van der Waals surface area contributed by atoms with Gasteiger partial charge >= 0.3 is 0 Å². The molecule has 0 bridgehead atoms. The smallest absolute Gasteiger partial charge is 0.135 e. The highest BCUT2D eigenvalue weighted by atomic mass is 16.5. The van der Waals surface area contributed by atoms with E-state index >= 15 is 0 Å². The minimum atomic E-state index is 0.773. The number of nitrogens with zero attached hydrogens (tertiary/aromatic N) is 1. The molecule has 0 unspecified atom stereocenters. The Morgan fingerprint density at radius 3 is 1.95 bits per heavy atom. The second kappa shape index (κ2) is 18.0. The van der Waals surface area contributed by atoms with Gasteiger partial charge in [0, 0.05) is 28.2 Å². The summed E-state index contributed by atoms with van der Waals surface area (Å²) in [5, 5.41) is 2.47. The largest absolute Gasteiger partial charge is 0.456 e. The van der Waals surface area contributed by atoms with Gasteiger partial charge in [0.15, 0.2) is 0 Å². The van der Waals surface area contributed by atoms with Crippen molar-refractivity contribution in [2.24, 2.45) is 0 Å². The Kier molecular flexibility index (Phi) is 11.4. The zero-order valence-corrected chi connectivity index (χ0v) is 34.7. The van der Waals surface area contributed by atoms with Crippen molar-refractivity contribution in [2.45, 2.75) is 6.92 Å². The first-order valence-corrected chi connectivity index (χ1v) is 20.9. The number of rotatable bonds is 10. The normalized spacial score (nSPS) is 14.9. The molecule has 7 aromatic carbocycles. The van der Waals surface area contributed by atoms with Crippen LogP contribution in [0.15, 0.2) is 250 Å². The van der Waals surface area contributed by atoms with Gasteiger partial charge in [-0.15, -0.1) is 5.73 Å². The van der Waals surface area contributed by atoms with Crippen molar-refractivity contribution >= 4 is 55.9 Å². The number of anilines is 3. The molecule has 0 fully saturated rings. The lowest BCUT2D eigenvalue weighted by Gasteiger charge is -2.26. The molecule has 0 spiro atoms. The van der Waals surface area contributed by atoms with Crippen LogP contribution in [0.2, 0.25) is 0 Å². The molecule has 2 aliphatic rings. The predicted octanol–water partition coefficient (Wildman–Crippen LogP) is 16.3. The maximum Gasteiger partial charge on any atom is 0.135 e. The van der Waals surface area contributed by atoms with E-state index in [1.165, 1.54) is 21.9 Å². The summed E-state index contributed by atoms with van der Waals surface area (Å²) in [6, 6.07) is 57.9. The van der Waals surface area contributed by atoms with Gasteiger partial charge in [-0.1, -0.05) is 165 Å². The van der Waals surface area contributed by atoms with Crippen LogP contribution in [0, 0.1) is 0 Å². The summed E-state index contributed by atoms with van der Waals surface area (Å²) in [7, 11) is 0. The van der Waals surface area contributed by atoms with E-state index in [9.17, 15) is 0 Å². The molecule has 296 valence electrons. The van der Waals surface area contributed by atoms with Crippen LogP contribution in [0.4, 0.5) is 17.1 Å². The lowest BCUT2D eigenvalue weighted by Crippen LogP contribution is -2.10. The molecular formula is C60H45NO. The number of para-hydroxylation sites is 1. The molecule has 1 aliphatic heterocycles. The quantitative estimate of drug-likeness (QED) is 0.101. The number of hydrogen-bond acceptors (Lipinski definition) is 2. The molecule has 62 heavy (non-hydrogen) atoms. The average Bonchev–Trinajstić information content (AvgIpc) is 3.62. The van der Waals surface area contributed by atoms with Crippen molar-refractivity contribution < 1.29 is 4.74 Å². The number of benzene rings is 7. The molecule has 9 rings (SSSR count). The SMILES string of the molecule is C=C(/C=C\C(=C/C)c1ccc(N(c2ccc(/C3=C/C=C\C(=C)c4ccccc4O3)cc2)c2ccc(-c3ccc4ccccc4c3)cc2)cc1)c1ccc(C2=CC=CC=C=C2)cc1. The third kappa shape index (κ3) is 8.60. The molecule has 1 aliphatic carbocycles. The molecule has 2 nitrogen and oxygen atoms in total. The summed E-state index contributed by atoms with van der Waals surface area (Å²) in [5.41, 5.74) is 18.1. The lowest BCUT2D eigenvalue weighted by molar-refractivity contribution is 0.513. The van der Waals surface area contributed by atoms with Gasteiger partial charge < -0.3 is 9.64 Å². The molecule has 0 atom stereocenters. The average molecular weight is 796 g/mol. The van der Waals surface area contributed by atoms with Crippen molar-refractivity contribution in [1.82, 2.24) is 0 Å². The Balaban J connectivity index is 0.997. The highest BCUT2D eigenvalue weighted by Gasteiger charge is 2.16. The van der Waals surface area contributed by atoms with Crippen LogP contribution in [-0.4, -0.2) is 0 Å². The van der Waals surface area contributed by atoms with Gasteiger partial charge in [0.2, 0.25) is 0 Å². The second-order valence-electron chi connectivity index (χ2n) is 15.2. The predicted molar refractivity (Wildman–Crippen MR) is 265 cm³/mol. The van der Waals surface area contributed by atoms with E-state index in [0.717, 1.165) is 78.7 Å². The number of ether oxygens (including phenoxy) is 1. The Bertz CT molecular complexity index is 3070. The molecule has 0 saturated heterocycles. The van der Waals surface area contributed by atoms with Crippen molar-refractivity contribution in [3.8, 4) is 16.9 Å². The van der Waals surface area contributed by atoms with Crippen LogP contribution < -0.4 is 9.64 Å². The van der Waals surface area contributed by atoms with Crippen LogP contribution in [-0.2, 0) is 0 Å². The van der Waals surface area contributed by atoms with E-state index in [0.29, 0.717) is 0 Å². The zero-order valence-electron chi connectivity index (χ0n) is 34.7. The first kappa shape index (κ1) is 39.3. The Labute approximate surface area is 365 Å².